The number of fused-ring (bicyclic) bond motifs is 2. The largest absolute Gasteiger partial charge is 0.394 e. The Morgan fingerprint density at radius 2 is 1.82 bits per heavy atom. The Morgan fingerprint density at radius 1 is 1.13 bits per heavy atom. The molecule has 9 nitrogen and oxygen atoms in total. The summed E-state index contributed by atoms with van der Waals surface area (Å²) in [6.07, 6.45) is 4.17. The molecule has 4 atom stereocenters. The topological polar surface area (TPSA) is 111 Å². The molecule has 4 aliphatic rings. The summed E-state index contributed by atoms with van der Waals surface area (Å²) in [5.74, 6) is 0.184. The summed E-state index contributed by atoms with van der Waals surface area (Å²) in [6.45, 7) is 9.73. The van der Waals surface area contributed by atoms with Crippen molar-refractivity contribution < 1.29 is 23.1 Å². The fraction of sp³-hybridized carbons (Fsp3) is 0.759. The minimum absolute atomic E-state index is 0.0516. The first-order valence-corrected chi connectivity index (χ1v) is 16.2. The average molecular weight is 563 g/mol. The second kappa shape index (κ2) is 11.3. The second-order valence-corrected chi connectivity index (χ2v) is 14.6. The summed E-state index contributed by atoms with van der Waals surface area (Å²) in [5, 5.41) is 16.5. The van der Waals surface area contributed by atoms with Crippen LogP contribution in [0.4, 0.5) is 5.69 Å². The maximum Gasteiger partial charge on any atom is 0.239 e. The zero-order valence-electron chi connectivity index (χ0n) is 23.7. The van der Waals surface area contributed by atoms with Crippen LogP contribution in [0.1, 0.15) is 51.5 Å². The molecule has 39 heavy (non-hydrogen) atoms. The van der Waals surface area contributed by atoms with Gasteiger partial charge in [0.15, 0.2) is 0 Å². The number of aliphatic hydroxyl groups excluding tert-OH is 1. The Hall–Kier alpha value is -1.72. The molecule has 1 aromatic rings. The molecule has 0 radical (unpaired) electrons. The zero-order chi connectivity index (χ0) is 27.8. The van der Waals surface area contributed by atoms with Gasteiger partial charge in [0.2, 0.25) is 15.9 Å². The van der Waals surface area contributed by atoms with Crippen molar-refractivity contribution in [2.75, 3.05) is 56.7 Å². The summed E-state index contributed by atoms with van der Waals surface area (Å²) in [5.41, 5.74) is 1.63. The number of aliphatic hydroxyl groups is 1. The predicted molar refractivity (Wildman–Crippen MR) is 152 cm³/mol. The number of benzene rings is 1. The van der Waals surface area contributed by atoms with Crippen molar-refractivity contribution in [3.05, 3.63) is 29.8 Å². The minimum atomic E-state index is -3.54. The highest BCUT2D eigenvalue weighted by atomic mass is 32.2. The second-order valence-electron chi connectivity index (χ2n) is 12.6. The van der Waals surface area contributed by atoms with E-state index in [2.05, 4.69) is 48.4 Å². The Morgan fingerprint density at radius 3 is 2.46 bits per heavy atom. The predicted octanol–water partition coefficient (Wildman–Crippen LogP) is 1.89. The highest BCUT2D eigenvalue weighted by molar-refractivity contribution is 7.89. The van der Waals surface area contributed by atoms with E-state index in [4.69, 9.17) is 4.74 Å². The third-order valence-corrected chi connectivity index (χ3v) is 12.5. The van der Waals surface area contributed by atoms with Crippen LogP contribution in [0.5, 0.6) is 0 Å². The first-order valence-electron chi connectivity index (χ1n) is 14.6. The number of hydrogen-bond acceptors (Lipinski definition) is 7. The molecule has 3 unspecified atom stereocenters. The van der Waals surface area contributed by atoms with Crippen LogP contribution in [0.15, 0.2) is 24.3 Å². The van der Waals surface area contributed by atoms with E-state index in [-0.39, 0.29) is 35.8 Å². The molecule has 2 bridgehead atoms. The molecule has 0 aromatic heterocycles. The zero-order valence-corrected chi connectivity index (χ0v) is 24.5. The quantitative estimate of drug-likeness (QED) is 0.422. The molecule has 218 valence electrons. The van der Waals surface area contributed by atoms with Crippen molar-refractivity contribution in [2.24, 2.45) is 16.7 Å². The molecule has 4 fully saturated rings. The van der Waals surface area contributed by atoms with Crippen LogP contribution in [0, 0.1) is 23.7 Å². The van der Waals surface area contributed by atoms with E-state index in [9.17, 15) is 18.3 Å². The number of anilines is 1. The maximum atomic E-state index is 13.9. The summed E-state index contributed by atoms with van der Waals surface area (Å²) in [7, 11) is -3.54. The fourth-order valence-corrected chi connectivity index (χ4v) is 10.1. The number of carbonyl (C=O) groups is 1. The third-order valence-electron chi connectivity index (χ3n) is 10.4. The number of para-hydroxylation sites is 1. The molecule has 3 N–H and O–H groups in total. The van der Waals surface area contributed by atoms with E-state index in [1.807, 2.05) is 12.1 Å². The van der Waals surface area contributed by atoms with Gasteiger partial charge in [-0.3, -0.25) is 4.79 Å². The Bertz CT molecular complexity index is 1130. The summed E-state index contributed by atoms with van der Waals surface area (Å²) < 4.78 is 35.0. The SMILES string of the molecule is Cc1ccccc1N1CCN(S(=O)(=O)CC23CCC(CC2NC(=O)[C@H](CO)NC2CCOCC2)C3(C)C)CC1. The fourth-order valence-electron chi connectivity index (χ4n) is 7.80. The van der Waals surface area contributed by atoms with Gasteiger partial charge in [-0.05, 0) is 62.0 Å². The first kappa shape index (κ1) is 28.8. The number of ether oxygens (including phenoxy) is 1. The van der Waals surface area contributed by atoms with Crippen LogP contribution in [0.3, 0.4) is 0 Å². The van der Waals surface area contributed by atoms with Gasteiger partial charge in [0, 0.05) is 62.6 Å². The maximum absolute atomic E-state index is 13.9. The van der Waals surface area contributed by atoms with Crippen LogP contribution >= 0.6 is 0 Å². The lowest BCUT2D eigenvalue weighted by molar-refractivity contribution is -0.126. The van der Waals surface area contributed by atoms with Crippen LogP contribution in [0.2, 0.25) is 0 Å². The molecule has 5 rings (SSSR count). The van der Waals surface area contributed by atoms with Gasteiger partial charge in [-0.1, -0.05) is 32.0 Å². The molecular weight excluding hydrogens is 516 g/mol. The van der Waals surface area contributed by atoms with Gasteiger partial charge in [0.1, 0.15) is 6.04 Å². The number of piperazine rings is 1. The van der Waals surface area contributed by atoms with Gasteiger partial charge in [-0.2, -0.15) is 4.31 Å². The van der Waals surface area contributed by atoms with Crippen molar-refractivity contribution in [1.29, 1.82) is 0 Å². The average Bonchev–Trinajstić information content (AvgIpc) is 3.27. The van der Waals surface area contributed by atoms with E-state index in [1.165, 1.54) is 11.3 Å². The number of nitrogens with zero attached hydrogens (tertiary/aromatic N) is 2. The lowest BCUT2D eigenvalue weighted by atomic mass is 9.69. The Balaban J connectivity index is 1.27. The molecule has 10 heteroatoms. The smallest absolute Gasteiger partial charge is 0.239 e. The summed E-state index contributed by atoms with van der Waals surface area (Å²) >= 11 is 0. The van der Waals surface area contributed by atoms with Gasteiger partial charge in [0.25, 0.3) is 0 Å². The molecule has 2 saturated carbocycles. The third kappa shape index (κ3) is 5.47. The number of hydrogen-bond donors (Lipinski definition) is 3. The lowest BCUT2D eigenvalue weighted by Gasteiger charge is -2.44. The van der Waals surface area contributed by atoms with E-state index >= 15 is 0 Å². The van der Waals surface area contributed by atoms with Crippen LogP contribution in [-0.4, -0.2) is 93.6 Å². The first-order chi connectivity index (χ1) is 18.6. The van der Waals surface area contributed by atoms with Crippen molar-refractivity contribution in [3.63, 3.8) is 0 Å². The molecule has 1 amide bonds. The van der Waals surface area contributed by atoms with Gasteiger partial charge in [0.05, 0.1) is 12.4 Å². The Kier molecular flexibility index (Phi) is 8.33. The molecule has 2 aliphatic heterocycles. The number of rotatable bonds is 9. The van der Waals surface area contributed by atoms with Gasteiger partial charge in [-0.15, -0.1) is 0 Å². The molecule has 2 aliphatic carbocycles. The number of amides is 1. The molecule has 2 heterocycles. The number of aryl methyl sites for hydroxylation is 1. The van der Waals surface area contributed by atoms with E-state index in [0.29, 0.717) is 45.3 Å². The van der Waals surface area contributed by atoms with Crippen LogP contribution < -0.4 is 15.5 Å². The van der Waals surface area contributed by atoms with Crippen molar-refractivity contribution in [3.8, 4) is 0 Å². The van der Waals surface area contributed by atoms with Gasteiger partial charge < -0.3 is 25.4 Å². The van der Waals surface area contributed by atoms with Gasteiger partial charge in [-0.25, -0.2) is 8.42 Å². The highest BCUT2D eigenvalue weighted by Gasteiger charge is 2.66. The molecule has 2 saturated heterocycles. The van der Waals surface area contributed by atoms with E-state index < -0.39 is 21.5 Å². The van der Waals surface area contributed by atoms with E-state index in [0.717, 1.165) is 32.1 Å². The van der Waals surface area contributed by atoms with Crippen molar-refractivity contribution in [1.82, 2.24) is 14.9 Å². The van der Waals surface area contributed by atoms with Crippen molar-refractivity contribution in [2.45, 2.75) is 71.0 Å². The number of nitrogens with one attached hydrogen (secondary N) is 2. The number of sulfonamides is 1. The number of carbonyl (C=O) groups excluding carboxylic acids is 1. The lowest BCUT2D eigenvalue weighted by Crippen LogP contribution is -2.59. The minimum Gasteiger partial charge on any atom is -0.394 e. The molecular formula is C29H46N4O5S. The molecule has 1 aromatic carbocycles. The highest BCUT2D eigenvalue weighted by Crippen LogP contribution is 2.66. The Labute approximate surface area is 233 Å². The van der Waals surface area contributed by atoms with Crippen molar-refractivity contribution >= 4 is 21.6 Å². The summed E-state index contributed by atoms with van der Waals surface area (Å²) in [4.78, 5) is 15.6. The van der Waals surface area contributed by atoms with Crippen LogP contribution in [0.25, 0.3) is 0 Å². The van der Waals surface area contributed by atoms with E-state index in [1.54, 1.807) is 4.31 Å². The summed E-state index contributed by atoms with van der Waals surface area (Å²) in [6, 6.07) is 7.43. The van der Waals surface area contributed by atoms with Gasteiger partial charge >= 0.3 is 0 Å². The molecule has 0 spiro atoms. The standard InChI is InChI=1S/C29H46N4O5S/c1-21-6-4-5-7-25(21)32-12-14-33(15-13-32)39(36,37)20-29-11-8-22(28(29,2)3)18-26(29)31-27(35)24(19-34)30-23-9-16-38-17-10-23/h4-7,22-24,26,30,34H,8-20H2,1-3H3,(H,31,35)/t22?,24-,26?,29?/m0/s1. The monoisotopic (exact) mass is 562 g/mol. The van der Waals surface area contributed by atoms with Crippen LogP contribution in [-0.2, 0) is 19.6 Å². The normalized spacial score (nSPS) is 30.4.